The summed E-state index contributed by atoms with van der Waals surface area (Å²) in [4.78, 5) is 23.1. The third-order valence-electron chi connectivity index (χ3n) is 3.47. The molecular formula is C13H17NO4. The van der Waals surface area contributed by atoms with Gasteiger partial charge in [-0.25, -0.2) is 0 Å². The smallest absolute Gasteiger partial charge is 0.308 e. The van der Waals surface area contributed by atoms with Crippen molar-refractivity contribution in [2.75, 3.05) is 0 Å². The molecule has 2 atom stereocenters. The monoisotopic (exact) mass is 251 g/mol. The number of rotatable bonds is 3. The average molecular weight is 251 g/mol. The Kier molecular flexibility index (Phi) is 3.69. The van der Waals surface area contributed by atoms with E-state index in [0.717, 1.165) is 18.4 Å². The Bertz CT molecular complexity index is 452. The van der Waals surface area contributed by atoms with Gasteiger partial charge >= 0.3 is 5.97 Å². The van der Waals surface area contributed by atoms with Crippen LogP contribution in [0.1, 0.15) is 41.8 Å². The maximum absolute atomic E-state index is 12.0. The quantitative estimate of drug-likeness (QED) is 0.860. The van der Waals surface area contributed by atoms with Crippen molar-refractivity contribution in [3.63, 3.8) is 0 Å². The number of carboxylic acids is 1. The first-order chi connectivity index (χ1) is 8.59. The summed E-state index contributed by atoms with van der Waals surface area (Å²) in [7, 11) is 0. The van der Waals surface area contributed by atoms with Crippen molar-refractivity contribution in [3.05, 3.63) is 23.7 Å². The number of hydrogen-bond acceptors (Lipinski definition) is 3. The minimum Gasteiger partial charge on any atom is -0.481 e. The maximum Gasteiger partial charge on any atom is 0.308 e. The van der Waals surface area contributed by atoms with Gasteiger partial charge in [-0.15, -0.1) is 0 Å². The third kappa shape index (κ3) is 2.55. The van der Waals surface area contributed by atoms with Crippen molar-refractivity contribution in [3.8, 4) is 0 Å². The molecule has 1 aliphatic carbocycles. The Morgan fingerprint density at radius 2 is 2.11 bits per heavy atom. The van der Waals surface area contributed by atoms with E-state index < -0.39 is 11.9 Å². The lowest BCUT2D eigenvalue weighted by molar-refractivity contribution is -0.143. The van der Waals surface area contributed by atoms with E-state index >= 15 is 0 Å². The van der Waals surface area contributed by atoms with Gasteiger partial charge in [0.2, 0.25) is 0 Å². The number of carboxylic acid groups (broad SMARTS) is 1. The van der Waals surface area contributed by atoms with Crippen molar-refractivity contribution in [1.29, 1.82) is 0 Å². The summed E-state index contributed by atoms with van der Waals surface area (Å²) in [6.07, 6.45) is 4.65. The molecule has 1 fully saturated rings. The molecule has 0 aliphatic heterocycles. The number of aliphatic carboxylic acids is 1. The molecule has 0 bridgehead atoms. The highest BCUT2D eigenvalue weighted by Crippen LogP contribution is 2.25. The van der Waals surface area contributed by atoms with Crippen LogP contribution in [-0.4, -0.2) is 23.0 Å². The highest BCUT2D eigenvalue weighted by atomic mass is 16.4. The summed E-state index contributed by atoms with van der Waals surface area (Å²) in [6, 6.07) is 1.41. The van der Waals surface area contributed by atoms with E-state index in [-0.39, 0.29) is 17.7 Å². The first kappa shape index (κ1) is 12.7. The first-order valence-electron chi connectivity index (χ1n) is 6.17. The van der Waals surface area contributed by atoms with Gasteiger partial charge < -0.3 is 14.8 Å². The molecule has 1 heterocycles. The predicted molar refractivity (Wildman–Crippen MR) is 64.3 cm³/mol. The van der Waals surface area contributed by atoms with Crippen LogP contribution in [0.3, 0.4) is 0 Å². The van der Waals surface area contributed by atoms with Crippen LogP contribution in [0.2, 0.25) is 0 Å². The lowest BCUT2D eigenvalue weighted by Crippen LogP contribution is -2.45. The first-order valence-corrected chi connectivity index (χ1v) is 6.17. The zero-order valence-corrected chi connectivity index (χ0v) is 10.3. The van der Waals surface area contributed by atoms with Gasteiger partial charge in [-0.1, -0.05) is 12.8 Å². The van der Waals surface area contributed by atoms with Crippen molar-refractivity contribution in [2.45, 2.75) is 38.6 Å². The molecule has 1 aromatic heterocycles. The SMILES string of the molecule is Cc1ccoc1C(=O)NC1CCCCC1C(=O)O. The van der Waals surface area contributed by atoms with Crippen molar-refractivity contribution in [2.24, 2.45) is 5.92 Å². The summed E-state index contributed by atoms with van der Waals surface area (Å²) in [5.41, 5.74) is 0.759. The molecule has 5 nitrogen and oxygen atoms in total. The number of nitrogens with one attached hydrogen (secondary N) is 1. The summed E-state index contributed by atoms with van der Waals surface area (Å²) in [5.74, 6) is -1.38. The van der Waals surface area contributed by atoms with Crippen LogP contribution in [0, 0.1) is 12.8 Å². The summed E-state index contributed by atoms with van der Waals surface area (Å²) in [6.45, 7) is 1.79. The molecule has 0 saturated heterocycles. The molecule has 1 saturated carbocycles. The molecule has 2 N–H and O–H groups in total. The van der Waals surface area contributed by atoms with E-state index in [4.69, 9.17) is 9.52 Å². The standard InChI is InChI=1S/C13H17NO4/c1-8-6-7-18-11(8)12(15)14-10-5-3-2-4-9(10)13(16)17/h6-7,9-10H,2-5H2,1H3,(H,14,15)(H,16,17). The van der Waals surface area contributed by atoms with Crippen molar-refractivity contribution in [1.82, 2.24) is 5.32 Å². The Morgan fingerprint density at radius 3 is 2.72 bits per heavy atom. The van der Waals surface area contributed by atoms with E-state index in [9.17, 15) is 9.59 Å². The van der Waals surface area contributed by atoms with Crippen LogP contribution >= 0.6 is 0 Å². The van der Waals surface area contributed by atoms with Gasteiger partial charge in [0.1, 0.15) is 0 Å². The molecule has 2 rings (SSSR count). The summed E-state index contributed by atoms with van der Waals surface area (Å²) < 4.78 is 5.10. The van der Waals surface area contributed by atoms with E-state index in [1.165, 1.54) is 6.26 Å². The number of furan rings is 1. The second-order valence-corrected chi connectivity index (χ2v) is 4.74. The normalized spacial score (nSPS) is 23.6. The molecule has 98 valence electrons. The van der Waals surface area contributed by atoms with Gasteiger partial charge in [0.25, 0.3) is 5.91 Å². The topological polar surface area (TPSA) is 79.5 Å². The third-order valence-corrected chi connectivity index (χ3v) is 3.47. The van der Waals surface area contributed by atoms with Crippen LogP contribution in [0.25, 0.3) is 0 Å². The highest BCUT2D eigenvalue weighted by Gasteiger charge is 2.32. The second kappa shape index (κ2) is 5.25. The van der Waals surface area contributed by atoms with Crippen LogP contribution < -0.4 is 5.32 Å². The number of amides is 1. The van der Waals surface area contributed by atoms with Gasteiger partial charge in [0.15, 0.2) is 5.76 Å². The fraction of sp³-hybridized carbons (Fsp3) is 0.538. The Hall–Kier alpha value is -1.78. The van der Waals surface area contributed by atoms with Crippen molar-refractivity contribution < 1.29 is 19.1 Å². The van der Waals surface area contributed by atoms with E-state index in [0.29, 0.717) is 12.8 Å². The average Bonchev–Trinajstić information content (AvgIpc) is 2.76. The maximum atomic E-state index is 12.0. The van der Waals surface area contributed by atoms with Crippen LogP contribution in [0.5, 0.6) is 0 Å². The van der Waals surface area contributed by atoms with Crippen LogP contribution in [0.15, 0.2) is 16.7 Å². The van der Waals surface area contributed by atoms with Gasteiger partial charge in [-0.3, -0.25) is 9.59 Å². The number of carbonyl (C=O) groups excluding carboxylic acids is 1. The second-order valence-electron chi connectivity index (χ2n) is 4.74. The molecule has 0 radical (unpaired) electrons. The Labute approximate surface area is 105 Å². The Balaban J connectivity index is 2.05. The number of aryl methyl sites for hydroxylation is 1. The fourth-order valence-corrected chi connectivity index (χ4v) is 2.44. The van der Waals surface area contributed by atoms with Crippen molar-refractivity contribution >= 4 is 11.9 Å². The zero-order valence-electron chi connectivity index (χ0n) is 10.3. The predicted octanol–water partition coefficient (Wildman–Crippen LogP) is 1.96. The lowest BCUT2D eigenvalue weighted by atomic mass is 9.84. The lowest BCUT2D eigenvalue weighted by Gasteiger charge is -2.28. The summed E-state index contributed by atoms with van der Waals surface area (Å²) in [5, 5.41) is 11.9. The molecule has 1 aliphatic rings. The van der Waals surface area contributed by atoms with E-state index in [1.807, 2.05) is 0 Å². The Morgan fingerprint density at radius 1 is 1.39 bits per heavy atom. The molecule has 0 aromatic carbocycles. The molecule has 1 amide bonds. The molecular weight excluding hydrogens is 234 g/mol. The van der Waals surface area contributed by atoms with E-state index in [1.54, 1.807) is 13.0 Å². The van der Waals surface area contributed by atoms with Gasteiger partial charge in [0.05, 0.1) is 12.2 Å². The van der Waals surface area contributed by atoms with Crippen LogP contribution in [0.4, 0.5) is 0 Å². The van der Waals surface area contributed by atoms with Gasteiger partial charge in [0, 0.05) is 11.6 Å². The van der Waals surface area contributed by atoms with Gasteiger partial charge in [-0.05, 0) is 25.8 Å². The molecule has 2 unspecified atom stereocenters. The molecule has 1 aromatic rings. The zero-order chi connectivity index (χ0) is 13.1. The minimum absolute atomic E-state index is 0.268. The molecule has 5 heteroatoms. The molecule has 18 heavy (non-hydrogen) atoms. The summed E-state index contributed by atoms with van der Waals surface area (Å²) >= 11 is 0. The number of hydrogen-bond donors (Lipinski definition) is 2. The minimum atomic E-state index is -0.837. The largest absolute Gasteiger partial charge is 0.481 e. The van der Waals surface area contributed by atoms with Gasteiger partial charge in [-0.2, -0.15) is 0 Å². The molecule has 0 spiro atoms. The number of carbonyl (C=O) groups is 2. The highest BCUT2D eigenvalue weighted by molar-refractivity contribution is 5.93. The van der Waals surface area contributed by atoms with E-state index in [2.05, 4.69) is 5.32 Å². The fourth-order valence-electron chi connectivity index (χ4n) is 2.44. The van der Waals surface area contributed by atoms with Crippen LogP contribution in [-0.2, 0) is 4.79 Å².